The molecule has 2 rings (SSSR count). The van der Waals surface area contributed by atoms with Crippen molar-refractivity contribution in [2.75, 3.05) is 6.54 Å². The van der Waals surface area contributed by atoms with Crippen molar-refractivity contribution >= 4 is 5.91 Å². The molecule has 1 atom stereocenters. The van der Waals surface area contributed by atoms with Crippen molar-refractivity contribution in [3.8, 4) is 0 Å². The minimum absolute atomic E-state index is 0.161. The van der Waals surface area contributed by atoms with Crippen molar-refractivity contribution in [1.82, 2.24) is 5.06 Å². The summed E-state index contributed by atoms with van der Waals surface area (Å²) in [4.78, 5) is 17.3. The zero-order valence-electron chi connectivity index (χ0n) is 9.58. The average molecular weight is 232 g/mol. The molecule has 0 saturated carbocycles. The number of amides is 1. The van der Waals surface area contributed by atoms with Crippen molar-refractivity contribution in [3.63, 3.8) is 0 Å². The first-order valence-electron chi connectivity index (χ1n) is 5.66. The first-order chi connectivity index (χ1) is 8.27. The van der Waals surface area contributed by atoms with Crippen LogP contribution < -0.4 is 5.73 Å². The van der Waals surface area contributed by atoms with Crippen LogP contribution in [0.4, 0.5) is 0 Å². The third-order valence-corrected chi connectivity index (χ3v) is 2.62. The Morgan fingerprint density at radius 1 is 1.29 bits per heavy atom. The molecule has 4 nitrogen and oxygen atoms in total. The van der Waals surface area contributed by atoms with Crippen LogP contribution in [0.25, 0.3) is 0 Å². The van der Waals surface area contributed by atoms with E-state index >= 15 is 0 Å². The van der Waals surface area contributed by atoms with Crippen LogP contribution in [0.3, 0.4) is 0 Å². The number of nitrogens with two attached hydrogens (primary N) is 1. The molecule has 1 aromatic carbocycles. The highest BCUT2D eigenvalue weighted by atomic mass is 16.7. The number of nitrogens with zero attached hydrogens (tertiary/aromatic N) is 1. The maximum atomic E-state index is 11.8. The van der Waals surface area contributed by atoms with Crippen molar-refractivity contribution in [3.05, 3.63) is 48.0 Å². The van der Waals surface area contributed by atoms with Gasteiger partial charge in [-0.05, 0) is 12.0 Å². The Balaban J connectivity index is 1.94. The number of benzene rings is 1. The van der Waals surface area contributed by atoms with Gasteiger partial charge in [-0.25, -0.2) is 5.06 Å². The Labute approximate surface area is 101 Å². The van der Waals surface area contributed by atoms with E-state index in [9.17, 15) is 4.79 Å². The van der Waals surface area contributed by atoms with Gasteiger partial charge in [0.2, 0.25) is 0 Å². The van der Waals surface area contributed by atoms with Crippen LogP contribution in [0.1, 0.15) is 12.0 Å². The molecule has 1 aromatic rings. The van der Waals surface area contributed by atoms with Gasteiger partial charge in [-0.3, -0.25) is 9.63 Å². The zero-order chi connectivity index (χ0) is 12.1. The molecule has 90 valence electrons. The van der Waals surface area contributed by atoms with Crippen molar-refractivity contribution in [1.29, 1.82) is 0 Å². The molecule has 1 aliphatic rings. The monoisotopic (exact) mass is 232 g/mol. The molecule has 0 bridgehead atoms. The number of hydroxylamine groups is 2. The summed E-state index contributed by atoms with van der Waals surface area (Å²) < 4.78 is 0. The van der Waals surface area contributed by atoms with Gasteiger partial charge in [-0.1, -0.05) is 42.5 Å². The van der Waals surface area contributed by atoms with E-state index < -0.39 is 6.04 Å². The van der Waals surface area contributed by atoms with Gasteiger partial charge in [0, 0.05) is 0 Å². The van der Waals surface area contributed by atoms with Gasteiger partial charge in [0.15, 0.2) is 0 Å². The number of hydrogen-bond donors (Lipinski definition) is 1. The average Bonchev–Trinajstić information content (AvgIpc) is 2.52. The summed E-state index contributed by atoms with van der Waals surface area (Å²) in [7, 11) is 0. The lowest BCUT2D eigenvalue weighted by Crippen LogP contribution is -2.42. The fourth-order valence-electron chi connectivity index (χ4n) is 1.63. The van der Waals surface area contributed by atoms with Gasteiger partial charge in [-0.15, -0.1) is 0 Å². The highest BCUT2D eigenvalue weighted by Crippen LogP contribution is 2.08. The van der Waals surface area contributed by atoms with Gasteiger partial charge < -0.3 is 5.73 Å². The molecule has 0 fully saturated rings. The topological polar surface area (TPSA) is 55.6 Å². The predicted molar refractivity (Wildman–Crippen MR) is 64.7 cm³/mol. The van der Waals surface area contributed by atoms with E-state index in [0.717, 1.165) is 5.56 Å². The maximum absolute atomic E-state index is 11.8. The third kappa shape index (κ3) is 3.15. The van der Waals surface area contributed by atoms with Crippen LogP contribution in [0.5, 0.6) is 0 Å². The lowest BCUT2D eigenvalue weighted by atomic mass is 10.2. The van der Waals surface area contributed by atoms with Crippen LogP contribution >= 0.6 is 0 Å². The van der Waals surface area contributed by atoms with Gasteiger partial charge in [-0.2, -0.15) is 0 Å². The van der Waals surface area contributed by atoms with Crippen LogP contribution in [-0.4, -0.2) is 23.6 Å². The molecule has 17 heavy (non-hydrogen) atoms. The minimum atomic E-state index is -0.496. The lowest BCUT2D eigenvalue weighted by Gasteiger charge is -2.21. The summed E-state index contributed by atoms with van der Waals surface area (Å²) in [6.45, 7) is 0.840. The largest absolute Gasteiger partial charge is 0.320 e. The fourth-order valence-corrected chi connectivity index (χ4v) is 1.63. The SMILES string of the molecule is N[C@@H]1CC=CCN(OCc2ccccc2)C1=O. The normalized spacial score (nSPS) is 20.4. The van der Waals surface area contributed by atoms with Gasteiger partial charge in [0.1, 0.15) is 6.61 Å². The first-order valence-corrected chi connectivity index (χ1v) is 5.66. The molecule has 0 unspecified atom stereocenters. The molecule has 0 aliphatic carbocycles. The molecular formula is C13H16N2O2. The van der Waals surface area contributed by atoms with Crippen LogP contribution in [-0.2, 0) is 16.2 Å². The van der Waals surface area contributed by atoms with Gasteiger partial charge in [0.05, 0.1) is 12.6 Å². The van der Waals surface area contributed by atoms with Gasteiger partial charge in [0.25, 0.3) is 5.91 Å². The summed E-state index contributed by atoms with van der Waals surface area (Å²) >= 11 is 0. The summed E-state index contributed by atoms with van der Waals surface area (Å²) in [5.74, 6) is -0.161. The Morgan fingerprint density at radius 2 is 2.06 bits per heavy atom. The maximum Gasteiger partial charge on any atom is 0.263 e. The summed E-state index contributed by atoms with van der Waals surface area (Å²) in [6, 6.07) is 9.24. The molecule has 0 aromatic heterocycles. The molecular weight excluding hydrogens is 216 g/mol. The third-order valence-electron chi connectivity index (χ3n) is 2.62. The molecule has 0 radical (unpaired) electrons. The summed E-state index contributed by atoms with van der Waals surface area (Å²) in [5, 5.41) is 1.33. The second-order valence-electron chi connectivity index (χ2n) is 3.97. The standard InChI is InChI=1S/C13H16N2O2/c14-12-8-4-5-9-15(13(12)16)17-10-11-6-2-1-3-7-11/h1-7,12H,8-10,14H2/t12-/m1/s1. The van der Waals surface area contributed by atoms with E-state index in [-0.39, 0.29) is 5.91 Å². The Kier molecular flexibility index (Phi) is 3.90. The predicted octanol–water partition coefficient (Wildman–Crippen LogP) is 1.23. The second kappa shape index (κ2) is 5.61. The highest BCUT2D eigenvalue weighted by molar-refractivity contribution is 5.81. The Hall–Kier alpha value is -1.65. The molecule has 1 aliphatic heterocycles. The molecule has 1 heterocycles. The summed E-state index contributed by atoms with van der Waals surface area (Å²) in [6.07, 6.45) is 4.38. The number of hydrogen-bond acceptors (Lipinski definition) is 3. The van der Waals surface area contributed by atoms with E-state index in [1.165, 1.54) is 5.06 Å². The smallest absolute Gasteiger partial charge is 0.263 e. The van der Waals surface area contributed by atoms with Crippen molar-refractivity contribution in [2.24, 2.45) is 5.73 Å². The van der Waals surface area contributed by atoms with Crippen LogP contribution in [0, 0.1) is 0 Å². The molecule has 4 heteroatoms. The Bertz CT molecular complexity index is 403. The zero-order valence-corrected chi connectivity index (χ0v) is 9.58. The van der Waals surface area contributed by atoms with Crippen molar-refractivity contribution in [2.45, 2.75) is 19.1 Å². The molecule has 2 N–H and O–H groups in total. The molecule has 0 saturated heterocycles. The van der Waals surface area contributed by atoms with E-state index in [1.54, 1.807) is 0 Å². The van der Waals surface area contributed by atoms with E-state index in [4.69, 9.17) is 10.6 Å². The highest BCUT2D eigenvalue weighted by Gasteiger charge is 2.22. The first kappa shape index (κ1) is 11.8. The number of rotatable bonds is 3. The van der Waals surface area contributed by atoms with Crippen molar-refractivity contribution < 1.29 is 9.63 Å². The van der Waals surface area contributed by atoms with E-state index in [2.05, 4.69) is 0 Å². The van der Waals surface area contributed by atoms with Crippen LogP contribution in [0.15, 0.2) is 42.5 Å². The van der Waals surface area contributed by atoms with E-state index in [1.807, 2.05) is 42.5 Å². The van der Waals surface area contributed by atoms with E-state index in [0.29, 0.717) is 19.6 Å². The fraction of sp³-hybridized carbons (Fsp3) is 0.308. The quantitative estimate of drug-likeness (QED) is 0.797. The molecule has 0 spiro atoms. The number of carbonyl (C=O) groups is 1. The lowest BCUT2D eigenvalue weighted by molar-refractivity contribution is -0.188. The number of carbonyl (C=O) groups excluding carboxylic acids is 1. The summed E-state index contributed by atoms with van der Waals surface area (Å²) in [5.41, 5.74) is 6.74. The molecule has 1 amide bonds. The van der Waals surface area contributed by atoms with Gasteiger partial charge >= 0.3 is 0 Å². The Morgan fingerprint density at radius 3 is 2.82 bits per heavy atom. The van der Waals surface area contributed by atoms with Crippen LogP contribution in [0.2, 0.25) is 0 Å². The second-order valence-corrected chi connectivity index (χ2v) is 3.97. The minimum Gasteiger partial charge on any atom is -0.320 e.